The first kappa shape index (κ1) is 20.0. The Morgan fingerprint density at radius 2 is 1.38 bits per heavy atom. The molecule has 0 spiro atoms. The van der Waals surface area contributed by atoms with Gasteiger partial charge in [-0.1, -0.05) is 107 Å². The maximum absolute atomic E-state index is 9.58. The van der Waals surface area contributed by atoms with Crippen LogP contribution >= 0.6 is 0 Å². The molecule has 0 amide bonds. The minimum Gasteiger partial charge on any atom is -0.508 e. The Hall–Kier alpha value is -2.02. The number of phenols is 1. The fourth-order valence-corrected chi connectivity index (χ4v) is 2.58. The highest BCUT2D eigenvalue weighted by atomic mass is 16.3. The fraction of sp³-hybridized carbons (Fsp3) is 0.391. The zero-order valence-corrected chi connectivity index (χ0v) is 15.1. The highest BCUT2D eigenvalue weighted by Crippen LogP contribution is 2.18. The van der Waals surface area contributed by atoms with Crippen LogP contribution in [0, 0.1) is 0 Å². The van der Waals surface area contributed by atoms with Crippen molar-refractivity contribution in [2.75, 3.05) is 0 Å². The van der Waals surface area contributed by atoms with Crippen LogP contribution in [-0.4, -0.2) is 5.11 Å². The zero-order valence-electron chi connectivity index (χ0n) is 15.1. The molecule has 0 radical (unpaired) electrons. The number of rotatable bonds is 9. The number of aromatic hydroxyl groups is 1. The molecule has 1 N–H and O–H groups in total. The summed E-state index contributed by atoms with van der Waals surface area (Å²) in [4.78, 5) is 0. The molecule has 0 aromatic heterocycles. The molecule has 0 saturated carbocycles. The molecule has 2 aromatic carbocycles. The van der Waals surface area contributed by atoms with Crippen LogP contribution in [0.4, 0.5) is 0 Å². The Morgan fingerprint density at radius 3 is 1.96 bits per heavy atom. The maximum Gasteiger partial charge on any atom is 0.118 e. The molecule has 24 heavy (non-hydrogen) atoms. The van der Waals surface area contributed by atoms with Gasteiger partial charge in [0.15, 0.2) is 0 Å². The Bertz CT molecular complexity index is 545. The Labute approximate surface area is 148 Å². The van der Waals surface area contributed by atoms with E-state index in [2.05, 4.69) is 13.5 Å². The van der Waals surface area contributed by atoms with Gasteiger partial charge in [-0.15, -0.1) is 0 Å². The van der Waals surface area contributed by atoms with Gasteiger partial charge in [0.1, 0.15) is 5.75 Å². The van der Waals surface area contributed by atoms with E-state index in [0.29, 0.717) is 5.75 Å². The van der Waals surface area contributed by atoms with Crippen molar-refractivity contribution in [2.45, 2.75) is 58.3 Å². The molecule has 0 saturated heterocycles. The van der Waals surface area contributed by atoms with Crippen molar-refractivity contribution in [2.24, 2.45) is 0 Å². The van der Waals surface area contributed by atoms with Crippen LogP contribution < -0.4 is 0 Å². The van der Waals surface area contributed by atoms with Crippen molar-refractivity contribution >= 4 is 6.08 Å². The molecule has 0 atom stereocenters. The van der Waals surface area contributed by atoms with Crippen molar-refractivity contribution in [3.05, 3.63) is 72.3 Å². The molecule has 0 aliphatic rings. The zero-order chi connectivity index (χ0) is 17.5. The highest BCUT2D eigenvalue weighted by Gasteiger charge is 1.98. The van der Waals surface area contributed by atoms with Gasteiger partial charge in [0.25, 0.3) is 0 Å². The van der Waals surface area contributed by atoms with Crippen molar-refractivity contribution in [1.29, 1.82) is 0 Å². The van der Waals surface area contributed by atoms with Crippen molar-refractivity contribution in [1.82, 2.24) is 0 Å². The Balaban J connectivity index is 0.000000300. The van der Waals surface area contributed by atoms with Gasteiger partial charge in [0.05, 0.1) is 0 Å². The molecule has 2 rings (SSSR count). The van der Waals surface area contributed by atoms with Crippen LogP contribution in [0.15, 0.2) is 61.2 Å². The van der Waals surface area contributed by atoms with E-state index < -0.39 is 0 Å². The second-order valence-corrected chi connectivity index (χ2v) is 6.11. The van der Waals surface area contributed by atoms with Crippen LogP contribution in [0.1, 0.15) is 63.0 Å². The molecule has 1 heteroatoms. The maximum atomic E-state index is 9.58. The quantitative estimate of drug-likeness (QED) is 0.492. The van der Waals surface area contributed by atoms with Crippen LogP contribution in [0.25, 0.3) is 6.08 Å². The average Bonchev–Trinajstić information content (AvgIpc) is 2.63. The first-order chi connectivity index (χ1) is 11.8. The van der Waals surface area contributed by atoms with Gasteiger partial charge in [-0.05, 0) is 30.0 Å². The first-order valence-corrected chi connectivity index (χ1v) is 9.22. The molecule has 2 aromatic rings. The van der Waals surface area contributed by atoms with E-state index in [0.717, 1.165) is 12.0 Å². The van der Waals surface area contributed by atoms with Crippen molar-refractivity contribution in [3.8, 4) is 5.75 Å². The summed E-state index contributed by atoms with van der Waals surface area (Å²) >= 11 is 0. The van der Waals surface area contributed by atoms with E-state index in [-0.39, 0.29) is 0 Å². The monoisotopic (exact) mass is 324 g/mol. The number of hydrogen-bond acceptors (Lipinski definition) is 1. The summed E-state index contributed by atoms with van der Waals surface area (Å²) in [5.74, 6) is 0.452. The number of aryl methyl sites for hydroxylation is 1. The van der Waals surface area contributed by atoms with Gasteiger partial charge in [-0.2, -0.15) is 0 Å². The van der Waals surface area contributed by atoms with Crippen molar-refractivity contribution < 1.29 is 5.11 Å². The van der Waals surface area contributed by atoms with Crippen LogP contribution in [0.5, 0.6) is 5.75 Å². The Morgan fingerprint density at radius 1 is 0.792 bits per heavy atom. The lowest BCUT2D eigenvalue weighted by Crippen LogP contribution is -1.87. The fourth-order valence-electron chi connectivity index (χ4n) is 2.58. The molecule has 0 heterocycles. The Kier molecular flexibility index (Phi) is 11.2. The summed E-state index contributed by atoms with van der Waals surface area (Å²) in [6, 6.07) is 17.7. The molecule has 0 aliphatic carbocycles. The lowest BCUT2D eigenvalue weighted by molar-refractivity contribution is 0.466. The standard InChI is InChI=1S/C15H24O.C8H8/c1-2-3-4-5-6-7-8-11-14-12-9-10-13-15(14)16;1-2-8-6-4-3-5-7-8/h9-10,12-13,16H,2-8,11H2,1H3;2-7H,1H2. The van der Waals surface area contributed by atoms with Gasteiger partial charge in [0.2, 0.25) is 0 Å². The van der Waals surface area contributed by atoms with E-state index in [1.54, 1.807) is 6.07 Å². The van der Waals surface area contributed by atoms with E-state index in [9.17, 15) is 5.11 Å². The molecule has 130 valence electrons. The first-order valence-electron chi connectivity index (χ1n) is 9.22. The second-order valence-electron chi connectivity index (χ2n) is 6.11. The minimum atomic E-state index is 0.452. The van der Waals surface area contributed by atoms with E-state index in [4.69, 9.17) is 0 Å². The summed E-state index contributed by atoms with van der Waals surface area (Å²) in [7, 11) is 0. The van der Waals surface area contributed by atoms with E-state index in [1.165, 1.54) is 50.5 Å². The third kappa shape index (κ3) is 9.19. The summed E-state index contributed by atoms with van der Waals surface area (Å²) in [6.45, 7) is 5.88. The predicted octanol–water partition coefficient (Wildman–Crippen LogP) is 7.01. The number of para-hydroxylation sites is 1. The SMILES string of the molecule is C=Cc1ccccc1.CCCCCCCCCc1ccccc1O. The lowest BCUT2D eigenvalue weighted by Gasteiger charge is -2.04. The normalized spacial score (nSPS) is 9.88. The van der Waals surface area contributed by atoms with Crippen LogP contribution in [-0.2, 0) is 6.42 Å². The van der Waals surface area contributed by atoms with E-state index >= 15 is 0 Å². The average molecular weight is 325 g/mol. The number of hydrogen-bond donors (Lipinski definition) is 1. The summed E-state index contributed by atoms with van der Waals surface area (Å²) in [6.07, 6.45) is 12.1. The third-order valence-electron chi connectivity index (χ3n) is 4.08. The molecular weight excluding hydrogens is 292 g/mol. The van der Waals surface area contributed by atoms with Gasteiger partial charge < -0.3 is 5.11 Å². The second kappa shape index (κ2) is 13.4. The number of benzene rings is 2. The van der Waals surface area contributed by atoms with Gasteiger partial charge in [0, 0.05) is 0 Å². The van der Waals surface area contributed by atoms with Gasteiger partial charge >= 0.3 is 0 Å². The molecule has 0 unspecified atom stereocenters. The minimum absolute atomic E-state index is 0.452. The predicted molar refractivity (Wildman–Crippen MR) is 106 cm³/mol. The lowest BCUT2D eigenvalue weighted by atomic mass is 10.0. The number of unbranched alkanes of at least 4 members (excludes halogenated alkanes) is 6. The summed E-state index contributed by atoms with van der Waals surface area (Å²) in [5.41, 5.74) is 2.27. The van der Waals surface area contributed by atoms with Gasteiger partial charge in [-0.3, -0.25) is 0 Å². The molecule has 1 nitrogen and oxygen atoms in total. The smallest absolute Gasteiger partial charge is 0.118 e. The van der Waals surface area contributed by atoms with Crippen molar-refractivity contribution in [3.63, 3.8) is 0 Å². The molecule has 0 bridgehead atoms. The van der Waals surface area contributed by atoms with E-state index in [1.807, 2.05) is 54.6 Å². The van der Waals surface area contributed by atoms with Gasteiger partial charge in [-0.25, -0.2) is 0 Å². The summed E-state index contributed by atoms with van der Waals surface area (Å²) < 4.78 is 0. The highest BCUT2D eigenvalue weighted by molar-refractivity contribution is 5.45. The topological polar surface area (TPSA) is 20.2 Å². The molecular formula is C23H32O. The molecule has 0 fully saturated rings. The third-order valence-corrected chi connectivity index (χ3v) is 4.08. The largest absolute Gasteiger partial charge is 0.508 e. The van der Waals surface area contributed by atoms with Crippen LogP contribution in [0.3, 0.4) is 0 Å². The summed E-state index contributed by atoms with van der Waals surface area (Å²) in [5, 5.41) is 9.58. The molecule has 0 aliphatic heterocycles. The van der Waals surface area contributed by atoms with Crippen LogP contribution in [0.2, 0.25) is 0 Å². The number of phenolic OH excluding ortho intramolecular Hbond substituents is 1.